The monoisotopic (exact) mass is 600 g/mol. The minimum atomic E-state index is -4.02. The Balaban J connectivity index is 0.000000222. The zero-order valence-corrected chi connectivity index (χ0v) is 23.7. The summed E-state index contributed by atoms with van der Waals surface area (Å²) in [4.78, 5) is -0.133. The third-order valence-corrected chi connectivity index (χ3v) is 7.45. The van der Waals surface area contributed by atoms with Crippen LogP contribution in [0.3, 0.4) is 0 Å². The number of hydrogen-bond acceptors (Lipinski definition) is 7. The first-order valence-electron chi connectivity index (χ1n) is 12.2. The lowest BCUT2D eigenvalue weighted by Gasteiger charge is -2.19. The van der Waals surface area contributed by atoms with E-state index in [9.17, 15) is 30.7 Å². The van der Waals surface area contributed by atoms with Crippen molar-refractivity contribution < 1.29 is 39.8 Å². The lowest BCUT2D eigenvalue weighted by molar-refractivity contribution is 0.141. The third-order valence-electron chi connectivity index (χ3n) is 5.72. The van der Waals surface area contributed by atoms with Gasteiger partial charge in [0.15, 0.2) is 0 Å². The molecule has 0 radical (unpaired) electrons. The van der Waals surface area contributed by atoms with Crippen molar-refractivity contribution in [2.45, 2.75) is 61.1 Å². The van der Waals surface area contributed by atoms with Gasteiger partial charge in [0.2, 0.25) is 0 Å². The van der Waals surface area contributed by atoms with E-state index < -0.39 is 44.0 Å². The van der Waals surface area contributed by atoms with Gasteiger partial charge < -0.3 is 16.2 Å². The van der Waals surface area contributed by atoms with E-state index in [1.807, 2.05) is 13.8 Å². The van der Waals surface area contributed by atoms with Gasteiger partial charge in [-0.2, -0.15) is 16.8 Å². The normalized spacial score (nSPS) is 14.7. The van der Waals surface area contributed by atoms with E-state index in [1.165, 1.54) is 36.4 Å². The molecule has 0 amide bonds. The van der Waals surface area contributed by atoms with Crippen molar-refractivity contribution in [3.05, 3.63) is 95.1 Å². The molecule has 220 valence electrons. The van der Waals surface area contributed by atoms with Gasteiger partial charge >= 0.3 is 0 Å². The number of benzene rings is 3. The highest BCUT2D eigenvalue weighted by Gasteiger charge is 2.23. The maximum absolute atomic E-state index is 13.0. The molecular weight excluding hydrogens is 566 g/mol. The van der Waals surface area contributed by atoms with E-state index in [-0.39, 0.29) is 16.2 Å². The summed E-state index contributed by atoms with van der Waals surface area (Å²) in [7, 11) is -8.04. The first-order chi connectivity index (χ1) is 18.5. The molecule has 1 fully saturated rings. The molecule has 3 aromatic carbocycles. The van der Waals surface area contributed by atoms with Gasteiger partial charge in [0.25, 0.3) is 20.2 Å². The van der Waals surface area contributed by atoms with Crippen LogP contribution >= 0.6 is 0 Å². The Morgan fingerprint density at radius 3 is 1.57 bits per heavy atom. The maximum Gasteiger partial charge on any atom is 0.294 e. The van der Waals surface area contributed by atoms with Gasteiger partial charge in [-0.3, -0.25) is 9.11 Å². The van der Waals surface area contributed by atoms with Crippen LogP contribution in [0.15, 0.2) is 76.5 Å². The van der Waals surface area contributed by atoms with Gasteiger partial charge in [-0.25, -0.2) is 8.78 Å². The molecular formula is C27H34F2N2O7S2. The van der Waals surface area contributed by atoms with Crippen molar-refractivity contribution in [1.82, 2.24) is 5.32 Å². The maximum atomic E-state index is 13.0. The minimum Gasteiger partial charge on any atom is -0.390 e. The lowest BCUT2D eigenvalue weighted by Crippen LogP contribution is -2.43. The van der Waals surface area contributed by atoms with Crippen molar-refractivity contribution in [3.8, 4) is 0 Å². The Kier molecular flexibility index (Phi) is 12.3. The summed E-state index contributed by atoms with van der Waals surface area (Å²) in [5.41, 5.74) is 8.20. The SMILES string of the molecule is Cc1ccc(S(=O)(=O)O)cc1.Cc1ccc(S(=O)(=O)O)cc1.N[C@@H](Cc1cc(F)cc(F)c1)[C@H](O)CNC1CC1. The summed E-state index contributed by atoms with van der Waals surface area (Å²) in [6, 6.07) is 15.2. The number of halogens is 2. The van der Waals surface area contributed by atoms with Crippen LogP contribution in [0, 0.1) is 25.5 Å². The molecule has 9 nitrogen and oxygen atoms in total. The molecule has 3 aromatic rings. The van der Waals surface area contributed by atoms with E-state index in [2.05, 4.69) is 5.32 Å². The molecule has 0 aromatic heterocycles. The highest BCUT2D eigenvalue weighted by Crippen LogP contribution is 2.18. The van der Waals surface area contributed by atoms with Crippen LogP contribution in [0.1, 0.15) is 29.5 Å². The smallest absolute Gasteiger partial charge is 0.294 e. The Morgan fingerprint density at radius 1 is 0.825 bits per heavy atom. The molecule has 0 unspecified atom stereocenters. The Bertz CT molecular complexity index is 1350. The molecule has 4 rings (SSSR count). The number of rotatable bonds is 8. The van der Waals surface area contributed by atoms with E-state index >= 15 is 0 Å². The Labute approximate surface area is 233 Å². The second-order valence-electron chi connectivity index (χ2n) is 9.47. The standard InChI is InChI=1S/C13H18F2N2O.2C7H8O3S/c14-9-3-8(4-10(15)6-9)5-12(16)13(18)7-17-11-1-2-11;2*1-6-2-4-7(5-3-6)11(8,9)10/h3-4,6,11-13,17-18H,1-2,5,7,16H2;2*2-5H,1H3,(H,8,9,10)/t12-,13+;;/m0../s1. The Hall–Kier alpha value is -2.78. The topological polar surface area (TPSA) is 167 Å². The summed E-state index contributed by atoms with van der Waals surface area (Å²) in [5, 5.41) is 13.0. The molecule has 0 spiro atoms. The van der Waals surface area contributed by atoms with Crippen molar-refractivity contribution in [2.24, 2.45) is 5.73 Å². The summed E-state index contributed by atoms with van der Waals surface area (Å²) < 4.78 is 85.1. The molecule has 6 N–H and O–H groups in total. The molecule has 0 heterocycles. The first-order valence-corrected chi connectivity index (χ1v) is 15.1. The second kappa shape index (κ2) is 14.7. The summed E-state index contributed by atoms with van der Waals surface area (Å²) >= 11 is 0. The average molecular weight is 601 g/mol. The quantitative estimate of drug-likeness (QED) is 0.243. The second-order valence-corrected chi connectivity index (χ2v) is 12.3. The fourth-order valence-corrected chi connectivity index (χ4v) is 4.24. The van der Waals surface area contributed by atoms with E-state index in [1.54, 1.807) is 24.3 Å². The number of aliphatic hydroxyl groups excluding tert-OH is 1. The van der Waals surface area contributed by atoms with Crippen LogP contribution in [0.4, 0.5) is 8.78 Å². The van der Waals surface area contributed by atoms with Gasteiger partial charge in [-0.05, 0) is 75.1 Å². The highest BCUT2D eigenvalue weighted by atomic mass is 32.2. The first kappa shape index (κ1) is 33.4. The van der Waals surface area contributed by atoms with Crippen molar-refractivity contribution >= 4 is 20.2 Å². The fraction of sp³-hybridized carbons (Fsp3) is 0.333. The number of aryl methyl sites for hydroxylation is 2. The molecule has 2 atom stereocenters. The van der Waals surface area contributed by atoms with Crippen molar-refractivity contribution in [2.75, 3.05) is 6.54 Å². The van der Waals surface area contributed by atoms with E-state index in [0.717, 1.165) is 30.0 Å². The van der Waals surface area contributed by atoms with Crippen LogP contribution in [-0.4, -0.2) is 55.8 Å². The van der Waals surface area contributed by atoms with Gasteiger partial charge in [0, 0.05) is 24.7 Å². The lowest BCUT2D eigenvalue weighted by atomic mass is 10.0. The average Bonchev–Trinajstić information content (AvgIpc) is 3.67. The van der Waals surface area contributed by atoms with Crippen molar-refractivity contribution in [1.29, 1.82) is 0 Å². The molecule has 0 saturated heterocycles. The van der Waals surface area contributed by atoms with Crippen LogP contribution in [0.5, 0.6) is 0 Å². The summed E-state index contributed by atoms with van der Waals surface area (Å²) in [6.45, 7) is 4.10. The zero-order valence-electron chi connectivity index (χ0n) is 22.0. The van der Waals surface area contributed by atoms with Gasteiger partial charge in [-0.1, -0.05) is 35.4 Å². The van der Waals surface area contributed by atoms with E-state index in [4.69, 9.17) is 14.8 Å². The van der Waals surface area contributed by atoms with Gasteiger partial charge in [0.1, 0.15) is 11.6 Å². The predicted octanol–water partition coefficient (Wildman–Crippen LogP) is 3.43. The predicted molar refractivity (Wildman–Crippen MR) is 147 cm³/mol. The number of nitrogens with two attached hydrogens (primary N) is 1. The molecule has 1 saturated carbocycles. The van der Waals surface area contributed by atoms with Crippen LogP contribution in [0.25, 0.3) is 0 Å². The number of nitrogens with one attached hydrogen (secondary N) is 1. The highest BCUT2D eigenvalue weighted by molar-refractivity contribution is 7.86. The van der Waals surface area contributed by atoms with Crippen LogP contribution in [-0.2, 0) is 26.7 Å². The number of hydrogen-bond donors (Lipinski definition) is 5. The molecule has 0 aliphatic heterocycles. The largest absolute Gasteiger partial charge is 0.390 e. The molecule has 40 heavy (non-hydrogen) atoms. The van der Waals surface area contributed by atoms with Gasteiger partial charge in [-0.15, -0.1) is 0 Å². The third kappa shape index (κ3) is 12.6. The number of aliphatic hydroxyl groups is 1. The zero-order chi connectivity index (χ0) is 30.1. The summed E-state index contributed by atoms with van der Waals surface area (Å²) in [6.07, 6.45) is 1.81. The van der Waals surface area contributed by atoms with E-state index in [0.29, 0.717) is 18.2 Å². The Morgan fingerprint density at radius 2 is 1.23 bits per heavy atom. The summed E-state index contributed by atoms with van der Waals surface area (Å²) in [5.74, 6) is -1.24. The fourth-order valence-electron chi connectivity index (χ4n) is 3.28. The molecule has 0 bridgehead atoms. The van der Waals surface area contributed by atoms with Crippen LogP contribution in [0.2, 0.25) is 0 Å². The van der Waals surface area contributed by atoms with Gasteiger partial charge in [0.05, 0.1) is 15.9 Å². The molecule has 1 aliphatic carbocycles. The molecule has 1 aliphatic rings. The van der Waals surface area contributed by atoms with Crippen molar-refractivity contribution in [3.63, 3.8) is 0 Å². The van der Waals surface area contributed by atoms with Crippen LogP contribution < -0.4 is 11.1 Å². The molecule has 13 heteroatoms. The minimum absolute atomic E-state index is 0.0666.